The molecule has 1 N–H and O–H groups in total. The molecule has 1 amide bonds. The first kappa shape index (κ1) is 13.8. The van der Waals surface area contributed by atoms with Gasteiger partial charge in [0.05, 0.1) is 11.9 Å². The lowest BCUT2D eigenvalue weighted by Gasteiger charge is -2.32. The van der Waals surface area contributed by atoms with Crippen LogP contribution in [0.1, 0.15) is 22.8 Å². The number of benzene rings is 1. The van der Waals surface area contributed by atoms with Crippen LogP contribution in [0.5, 0.6) is 0 Å². The lowest BCUT2D eigenvalue weighted by Crippen LogP contribution is -2.51. The maximum atomic E-state index is 12.5. The first-order chi connectivity index (χ1) is 10.1. The Kier molecular flexibility index (Phi) is 3.75. The number of piperazine rings is 1. The molecule has 1 aliphatic heterocycles. The van der Waals surface area contributed by atoms with Gasteiger partial charge in [0.15, 0.2) is 0 Å². The van der Waals surface area contributed by atoms with E-state index in [2.05, 4.69) is 17.3 Å². The van der Waals surface area contributed by atoms with Crippen LogP contribution in [0.3, 0.4) is 0 Å². The summed E-state index contributed by atoms with van der Waals surface area (Å²) in [6.45, 7) is 6.50. The second-order valence-corrected chi connectivity index (χ2v) is 5.62. The fourth-order valence-electron chi connectivity index (χ4n) is 2.61. The number of amides is 1. The molecule has 0 spiro atoms. The smallest absolute Gasteiger partial charge is 0.253 e. The summed E-state index contributed by atoms with van der Waals surface area (Å²) in [6.07, 6.45) is 3.79. The van der Waals surface area contributed by atoms with Gasteiger partial charge >= 0.3 is 0 Å². The van der Waals surface area contributed by atoms with Crippen molar-refractivity contribution in [2.45, 2.75) is 19.9 Å². The van der Waals surface area contributed by atoms with Gasteiger partial charge in [0.25, 0.3) is 5.91 Å². The number of hydrogen-bond donors (Lipinski definition) is 1. The molecule has 0 unspecified atom stereocenters. The zero-order valence-corrected chi connectivity index (χ0v) is 12.4. The van der Waals surface area contributed by atoms with Gasteiger partial charge in [-0.3, -0.25) is 4.79 Å². The van der Waals surface area contributed by atoms with E-state index in [1.807, 2.05) is 53.2 Å². The van der Waals surface area contributed by atoms with Crippen LogP contribution >= 0.6 is 0 Å². The van der Waals surface area contributed by atoms with E-state index < -0.39 is 0 Å². The number of aromatic nitrogens is 2. The van der Waals surface area contributed by atoms with Crippen LogP contribution in [0.25, 0.3) is 5.69 Å². The van der Waals surface area contributed by atoms with E-state index in [1.54, 1.807) is 0 Å². The summed E-state index contributed by atoms with van der Waals surface area (Å²) in [6, 6.07) is 7.98. The summed E-state index contributed by atoms with van der Waals surface area (Å²) in [4.78, 5) is 14.4. The fourth-order valence-corrected chi connectivity index (χ4v) is 2.61. The number of nitrogens with zero attached hydrogens (tertiary/aromatic N) is 3. The highest BCUT2D eigenvalue weighted by Gasteiger charge is 2.21. The molecule has 1 aromatic heterocycles. The molecule has 1 saturated heterocycles. The van der Waals surface area contributed by atoms with E-state index in [0.29, 0.717) is 6.04 Å². The maximum absolute atomic E-state index is 12.5. The minimum Gasteiger partial charge on any atom is -0.336 e. The van der Waals surface area contributed by atoms with Crippen LogP contribution in [-0.4, -0.2) is 46.3 Å². The Hall–Kier alpha value is -2.14. The SMILES string of the molecule is Cc1cnn(-c2ccc(C(=O)N3CCN[C@@H](C)C3)cc2)c1. The molecule has 0 bridgehead atoms. The van der Waals surface area contributed by atoms with Crippen molar-refractivity contribution in [1.82, 2.24) is 20.0 Å². The Morgan fingerprint density at radius 1 is 1.33 bits per heavy atom. The number of carbonyl (C=O) groups is 1. The number of carbonyl (C=O) groups excluding carboxylic acids is 1. The zero-order chi connectivity index (χ0) is 14.8. The number of nitrogens with one attached hydrogen (secondary N) is 1. The van der Waals surface area contributed by atoms with Gasteiger partial charge in [-0.05, 0) is 43.7 Å². The molecule has 1 aromatic carbocycles. The first-order valence-corrected chi connectivity index (χ1v) is 7.28. The Morgan fingerprint density at radius 3 is 2.71 bits per heavy atom. The third-order valence-corrected chi connectivity index (χ3v) is 3.75. The van der Waals surface area contributed by atoms with Gasteiger partial charge in [-0.1, -0.05) is 0 Å². The van der Waals surface area contributed by atoms with Crippen LogP contribution in [-0.2, 0) is 0 Å². The van der Waals surface area contributed by atoms with Gasteiger partial charge in [-0.2, -0.15) is 5.10 Å². The van der Waals surface area contributed by atoms with E-state index in [1.165, 1.54) is 0 Å². The number of hydrogen-bond acceptors (Lipinski definition) is 3. The Labute approximate surface area is 124 Å². The topological polar surface area (TPSA) is 50.2 Å². The van der Waals surface area contributed by atoms with Gasteiger partial charge < -0.3 is 10.2 Å². The predicted octanol–water partition coefficient (Wildman–Crippen LogP) is 1.61. The minimum atomic E-state index is 0.103. The Morgan fingerprint density at radius 2 is 2.10 bits per heavy atom. The second-order valence-electron chi connectivity index (χ2n) is 5.62. The van der Waals surface area contributed by atoms with E-state index in [0.717, 1.165) is 36.4 Å². The molecule has 0 aliphatic carbocycles. The van der Waals surface area contributed by atoms with Crippen molar-refractivity contribution in [3.8, 4) is 5.69 Å². The van der Waals surface area contributed by atoms with E-state index >= 15 is 0 Å². The average molecular weight is 284 g/mol. The van der Waals surface area contributed by atoms with E-state index in [-0.39, 0.29) is 5.91 Å². The lowest BCUT2D eigenvalue weighted by molar-refractivity contribution is 0.0709. The van der Waals surface area contributed by atoms with Gasteiger partial charge in [-0.25, -0.2) is 4.68 Å². The number of aryl methyl sites for hydroxylation is 1. The normalized spacial score (nSPS) is 18.8. The predicted molar refractivity (Wildman–Crippen MR) is 81.7 cm³/mol. The highest BCUT2D eigenvalue weighted by molar-refractivity contribution is 5.94. The molecule has 2 heterocycles. The summed E-state index contributed by atoms with van der Waals surface area (Å²) in [7, 11) is 0. The van der Waals surface area contributed by atoms with Crippen molar-refractivity contribution in [2.24, 2.45) is 0 Å². The molecule has 2 aromatic rings. The summed E-state index contributed by atoms with van der Waals surface area (Å²) >= 11 is 0. The van der Waals surface area contributed by atoms with E-state index in [4.69, 9.17) is 0 Å². The summed E-state index contributed by atoms with van der Waals surface area (Å²) in [5.41, 5.74) is 2.81. The van der Waals surface area contributed by atoms with Crippen LogP contribution in [0.4, 0.5) is 0 Å². The standard InChI is InChI=1S/C16H20N4O/c1-12-9-18-20(10-12)15-5-3-14(4-6-15)16(21)19-8-7-17-13(2)11-19/h3-6,9-10,13,17H,7-8,11H2,1-2H3/t13-/m0/s1. The number of rotatable bonds is 2. The first-order valence-electron chi connectivity index (χ1n) is 7.28. The van der Waals surface area contributed by atoms with Gasteiger partial charge in [0.2, 0.25) is 0 Å². The monoisotopic (exact) mass is 284 g/mol. The molecule has 0 saturated carbocycles. The maximum Gasteiger partial charge on any atom is 0.253 e. The average Bonchev–Trinajstić information content (AvgIpc) is 2.93. The molecule has 110 valence electrons. The Balaban J connectivity index is 1.76. The lowest BCUT2D eigenvalue weighted by atomic mass is 10.1. The molecule has 5 heteroatoms. The molecule has 1 fully saturated rings. The molecule has 21 heavy (non-hydrogen) atoms. The van der Waals surface area contributed by atoms with Crippen molar-refractivity contribution in [3.05, 3.63) is 47.8 Å². The summed E-state index contributed by atoms with van der Waals surface area (Å²) in [5, 5.41) is 7.62. The van der Waals surface area contributed by atoms with E-state index in [9.17, 15) is 4.79 Å². The van der Waals surface area contributed by atoms with Crippen LogP contribution in [0.15, 0.2) is 36.7 Å². The molecule has 5 nitrogen and oxygen atoms in total. The molecule has 3 rings (SSSR count). The van der Waals surface area contributed by atoms with Gasteiger partial charge in [0, 0.05) is 37.4 Å². The highest BCUT2D eigenvalue weighted by Crippen LogP contribution is 2.13. The molecule has 1 aliphatic rings. The minimum absolute atomic E-state index is 0.103. The van der Waals surface area contributed by atoms with Crippen LogP contribution < -0.4 is 5.32 Å². The fraction of sp³-hybridized carbons (Fsp3) is 0.375. The van der Waals surface area contributed by atoms with Gasteiger partial charge in [-0.15, -0.1) is 0 Å². The zero-order valence-electron chi connectivity index (χ0n) is 12.4. The van der Waals surface area contributed by atoms with Crippen LogP contribution in [0.2, 0.25) is 0 Å². The van der Waals surface area contributed by atoms with Crippen molar-refractivity contribution >= 4 is 5.91 Å². The summed E-state index contributed by atoms with van der Waals surface area (Å²) in [5.74, 6) is 0.103. The molecular weight excluding hydrogens is 264 g/mol. The largest absolute Gasteiger partial charge is 0.336 e. The summed E-state index contributed by atoms with van der Waals surface area (Å²) < 4.78 is 1.82. The van der Waals surface area contributed by atoms with Crippen molar-refractivity contribution < 1.29 is 4.79 Å². The quantitative estimate of drug-likeness (QED) is 0.911. The van der Waals surface area contributed by atoms with Crippen molar-refractivity contribution in [1.29, 1.82) is 0 Å². The van der Waals surface area contributed by atoms with Crippen molar-refractivity contribution in [2.75, 3.05) is 19.6 Å². The van der Waals surface area contributed by atoms with Crippen molar-refractivity contribution in [3.63, 3.8) is 0 Å². The Bertz CT molecular complexity index is 632. The molecule has 0 radical (unpaired) electrons. The van der Waals surface area contributed by atoms with Gasteiger partial charge in [0.1, 0.15) is 0 Å². The molecular formula is C16H20N4O. The third-order valence-electron chi connectivity index (χ3n) is 3.75. The molecule has 1 atom stereocenters. The highest BCUT2D eigenvalue weighted by atomic mass is 16.2. The van der Waals surface area contributed by atoms with Crippen LogP contribution in [0, 0.1) is 6.92 Å². The third kappa shape index (κ3) is 2.97. The second kappa shape index (κ2) is 5.69.